The molecule has 1 aliphatic carbocycles. The van der Waals surface area contributed by atoms with Gasteiger partial charge in [-0.15, -0.1) is 0 Å². The standard InChI is InChI=1S/C18H26N2O/c1-18(2)9-7-15(8-10-18)20-17(21)16-11-13-5-3-4-6-14(13)12-19-16/h3-6,15-16,19H,7-12H2,1-2H3,(H,20,21)/t16-/m0/s1. The van der Waals surface area contributed by atoms with Crippen LogP contribution >= 0.6 is 0 Å². The van der Waals surface area contributed by atoms with Gasteiger partial charge < -0.3 is 10.6 Å². The van der Waals surface area contributed by atoms with E-state index in [0.29, 0.717) is 11.5 Å². The van der Waals surface area contributed by atoms with Gasteiger partial charge in [0.15, 0.2) is 0 Å². The van der Waals surface area contributed by atoms with E-state index in [2.05, 4.69) is 48.7 Å². The average molecular weight is 286 g/mol. The second kappa shape index (κ2) is 5.80. The number of carbonyl (C=O) groups excluding carboxylic acids is 1. The summed E-state index contributed by atoms with van der Waals surface area (Å²) in [6.45, 7) is 5.45. The molecule has 1 amide bonds. The van der Waals surface area contributed by atoms with Crippen LogP contribution in [-0.2, 0) is 17.8 Å². The van der Waals surface area contributed by atoms with E-state index in [0.717, 1.165) is 25.8 Å². The van der Waals surface area contributed by atoms with E-state index in [4.69, 9.17) is 0 Å². The topological polar surface area (TPSA) is 41.1 Å². The summed E-state index contributed by atoms with van der Waals surface area (Å²) in [4.78, 5) is 12.5. The highest BCUT2D eigenvalue weighted by molar-refractivity contribution is 5.82. The fourth-order valence-corrected chi connectivity index (χ4v) is 3.49. The van der Waals surface area contributed by atoms with Crippen LogP contribution in [0.15, 0.2) is 24.3 Å². The zero-order valence-electron chi connectivity index (χ0n) is 13.1. The van der Waals surface area contributed by atoms with E-state index in [1.54, 1.807) is 0 Å². The maximum atomic E-state index is 12.5. The third-order valence-electron chi connectivity index (χ3n) is 5.08. The Kier molecular flexibility index (Phi) is 4.03. The third-order valence-corrected chi connectivity index (χ3v) is 5.08. The number of carbonyl (C=O) groups is 1. The van der Waals surface area contributed by atoms with Crippen LogP contribution in [0.25, 0.3) is 0 Å². The van der Waals surface area contributed by atoms with Gasteiger partial charge in [0.05, 0.1) is 6.04 Å². The first-order valence-electron chi connectivity index (χ1n) is 8.14. The number of amides is 1. The predicted octanol–water partition coefficient (Wildman–Crippen LogP) is 2.79. The molecule has 3 heteroatoms. The van der Waals surface area contributed by atoms with E-state index in [-0.39, 0.29) is 11.9 Å². The minimum Gasteiger partial charge on any atom is -0.352 e. The van der Waals surface area contributed by atoms with Crippen molar-refractivity contribution in [1.82, 2.24) is 10.6 Å². The summed E-state index contributed by atoms with van der Waals surface area (Å²) in [5.41, 5.74) is 3.07. The summed E-state index contributed by atoms with van der Waals surface area (Å²) >= 11 is 0. The van der Waals surface area contributed by atoms with Gasteiger partial charge in [-0.1, -0.05) is 38.1 Å². The molecular weight excluding hydrogens is 260 g/mol. The Labute approximate surface area is 127 Å². The predicted molar refractivity (Wildman–Crippen MR) is 85.0 cm³/mol. The van der Waals surface area contributed by atoms with Crippen molar-refractivity contribution in [1.29, 1.82) is 0 Å². The van der Waals surface area contributed by atoms with Crippen molar-refractivity contribution in [3.63, 3.8) is 0 Å². The van der Waals surface area contributed by atoms with E-state index in [1.165, 1.54) is 24.0 Å². The molecule has 0 radical (unpaired) electrons. The molecule has 1 aromatic carbocycles. The number of rotatable bonds is 2. The average Bonchev–Trinajstić information content (AvgIpc) is 2.49. The molecule has 1 aliphatic heterocycles. The fourth-order valence-electron chi connectivity index (χ4n) is 3.49. The number of fused-ring (bicyclic) bond motifs is 1. The molecule has 0 saturated heterocycles. The van der Waals surface area contributed by atoms with Crippen molar-refractivity contribution >= 4 is 5.91 Å². The molecule has 0 unspecified atom stereocenters. The molecule has 3 rings (SSSR count). The summed E-state index contributed by atoms with van der Waals surface area (Å²) in [6, 6.07) is 8.69. The van der Waals surface area contributed by atoms with Crippen molar-refractivity contribution in [3.8, 4) is 0 Å². The van der Waals surface area contributed by atoms with Crippen LogP contribution in [0.3, 0.4) is 0 Å². The largest absolute Gasteiger partial charge is 0.352 e. The molecular formula is C18H26N2O. The first-order valence-corrected chi connectivity index (χ1v) is 8.14. The molecule has 114 valence electrons. The molecule has 0 aromatic heterocycles. The summed E-state index contributed by atoms with van der Waals surface area (Å²) in [7, 11) is 0. The minimum atomic E-state index is -0.0742. The lowest BCUT2D eigenvalue weighted by Crippen LogP contribution is -2.51. The van der Waals surface area contributed by atoms with Crippen LogP contribution < -0.4 is 10.6 Å². The first-order chi connectivity index (χ1) is 10.0. The van der Waals surface area contributed by atoms with Gasteiger partial charge in [-0.2, -0.15) is 0 Å². The quantitative estimate of drug-likeness (QED) is 0.878. The molecule has 0 bridgehead atoms. The second-order valence-electron chi connectivity index (χ2n) is 7.35. The summed E-state index contributed by atoms with van der Waals surface area (Å²) in [6.07, 6.45) is 5.45. The van der Waals surface area contributed by atoms with Gasteiger partial charge in [-0.3, -0.25) is 4.79 Å². The highest BCUT2D eigenvalue weighted by Crippen LogP contribution is 2.35. The van der Waals surface area contributed by atoms with Crippen LogP contribution in [0.1, 0.15) is 50.7 Å². The van der Waals surface area contributed by atoms with Crippen LogP contribution in [0.5, 0.6) is 0 Å². The molecule has 1 heterocycles. The molecule has 2 aliphatic rings. The molecule has 21 heavy (non-hydrogen) atoms. The lowest BCUT2D eigenvalue weighted by atomic mass is 9.75. The lowest BCUT2D eigenvalue weighted by Gasteiger charge is -2.35. The Hall–Kier alpha value is -1.35. The molecule has 3 nitrogen and oxygen atoms in total. The fraction of sp³-hybridized carbons (Fsp3) is 0.611. The normalized spacial score (nSPS) is 25.1. The highest BCUT2D eigenvalue weighted by atomic mass is 16.2. The molecule has 1 saturated carbocycles. The lowest BCUT2D eigenvalue weighted by molar-refractivity contribution is -0.124. The Balaban J connectivity index is 1.55. The third kappa shape index (κ3) is 3.46. The Morgan fingerprint density at radius 1 is 1.19 bits per heavy atom. The zero-order chi connectivity index (χ0) is 14.9. The summed E-state index contributed by atoms with van der Waals surface area (Å²) in [5.74, 6) is 0.175. The monoisotopic (exact) mass is 286 g/mol. The van der Waals surface area contributed by atoms with Crippen molar-refractivity contribution < 1.29 is 4.79 Å². The first kappa shape index (κ1) is 14.6. The molecule has 2 N–H and O–H groups in total. The molecule has 1 atom stereocenters. The van der Waals surface area contributed by atoms with Crippen LogP contribution in [0.2, 0.25) is 0 Å². The number of nitrogens with one attached hydrogen (secondary N) is 2. The number of hydrogen-bond acceptors (Lipinski definition) is 2. The molecule has 0 spiro atoms. The van der Waals surface area contributed by atoms with Crippen molar-refractivity contribution in [2.45, 2.75) is 64.6 Å². The minimum absolute atomic E-state index is 0.0742. The number of hydrogen-bond donors (Lipinski definition) is 2. The van der Waals surface area contributed by atoms with Gasteiger partial charge >= 0.3 is 0 Å². The number of benzene rings is 1. The van der Waals surface area contributed by atoms with Gasteiger partial charge in [0, 0.05) is 12.6 Å². The Bertz CT molecular complexity index is 514. The highest BCUT2D eigenvalue weighted by Gasteiger charge is 2.30. The van der Waals surface area contributed by atoms with Crippen LogP contribution in [0, 0.1) is 5.41 Å². The van der Waals surface area contributed by atoms with Crippen LogP contribution in [-0.4, -0.2) is 18.0 Å². The van der Waals surface area contributed by atoms with Gasteiger partial charge in [-0.25, -0.2) is 0 Å². The van der Waals surface area contributed by atoms with Gasteiger partial charge in [0.1, 0.15) is 0 Å². The molecule has 1 aromatic rings. The maximum absolute atomic E-state index is 12.5. The van der Waals surface area contributed by atoms with E-state index >= 15 is 0 Å². The van der Waals surface area contributed by atoms with E-state index in [9.17, 15) is 4.79 Å². The maximum Gasteiger partial charge on any atom is 0.237 e. The van der Waals surface area contributed by atoms with Crippen molar-refractivity contribution in [2.75, 3.05) is 0 Å². The zero-order valence-corrected chi connectivity index (χ0v) is 13.1. The molecule has 1 fully saturated rings. The van der Waals surface area contributed by atoms with Crippen LogP contribution in [0.4, 0.5) is 0 Å². The van der Waals surface area contributed by atoms with E-state index in [1.807, 2.05) is 0 Å². The van der Waals surface area contributed by atoms with E-state index < -0.39 is 0 Å². The Morgan fingerprint density at radius 3 is 2.57 bits per heavy atom. The summed E-state index contributed by atoms with van der Waals surface area (Å²) < 4.78 is 0. The van der Waals surface area contributed by atoms with Gasteiger partial charge in [-0.05, 0) is 48.6 Å². The van der Waals surface area contributed by atoms with Gasteiger partial charge in [0.2, 0.25) is 5.91 Å². The van der Waals surface area contributed by atoms with Gasteiger partial charge in [0.25, 0.3) is 0 Å². The van der Waals surface area contributed by atoms with Crippen molar-refractivity contribution in [3.05, 3.63) is 35.4 Å². The smallest absolute Gasteiger partial charge is 0.237 e. The summed E-state index contributed by atoms with van der Waals surface area (Å²) in [5, 5.41) is 6.62. The van der Waals surface area contributed by atoms with Crippen molar-refractivity contribution in [2.24, 2.45) is 5.41 Å². The second-order valence-corrected chi connectivity index (χ2v) is 7.35. The Morgan fingerprint density at radius 2 is 1.86 bits per heavy atom. The SMILES string of the molecule is CC1(C)CCC(NC(=O)[C@@H]2Cc3ccccc3CN2)CC1.